The molecule has 0 radical (unpaired) electrons. The lowest BCUT2D eigenvalue weighted by Gasteiger charge is -2.20. The standard InChI is InChI=1S/C13H20N4O2S/c1-9-5-10(6-14)7-17(9)8-12(18)15-16-13(19)11-3-2-4-20-11/h2-4,9-10H,5-8,14H2,1H3,(H,15,18)(H,16,19). The van der Waals surface area contributed by atoms with Gasteiger partial charge in [-0.3, -0.25) is 25.3 Å². The number of rotatable bonds is 4. The highest BCUT2D eigenvalue weighted by atomic mass is 32.1. The molecule has 1 saturated heterocycles. The van der Waals surface area contributed by atoms with E-state index in [1.807, 2.05) is 5.38 Å². The summed E-state index contributed by atoms with van der Waals surface area (Å²) in [5.41, 5.74) is 10.5. The van der Waals surface area contributed by atoms with Gasteiger partial charge in [-0.2, -0.15) is 0 Å². The molecule has 1 aromatic heterocycles. The molecule has 7 heteroatoms. The quantitative estimate of drug-likeness (QED) is 0.692. The highest BCUT2D eigenvalue weighted by molar-refractivity contribution is 7.12. The number of carbonyl (C=O) groups is 2. The van der Waals surface area contributed by atoms with Crippen molar-refractivity contribution in [1.82, 2.24) is 15.8 Å². The highest BCUT2D eigenvalue weighted by Gasteiger charge is 2.29. The number of amides is 2. The lowest BCUT2D eigenvalue weighted by Crippen LogP contribution is -2.47. The molecule has 2 heterocycles. The summed E-state index contributed by atoms with van der Waals surface area (Å²) in [6, 6.07) is 3.85. The van der Waals surface area contributed by atoms with Gasteiger partial charge in [-0.15, -0.1) is 11.3 Å². The van der Waals surface area contributed by atoms with E-state index in [9.17, 15) is 9.59 Å². The maximum atomic E-state index is 11.8. The fourth-order valence-corrected chi connectivity index (χ4v) is 3.05. The minimum atomic E-state index is -0.289. The number of likely N-dealkylation sites (tertiary alicyclic amines) is 1. The number of hydrazine groups is 1. The van der Waals surface area contributed by atoms with Crippen LogP contribution in [0, 0.1) is 5.92 Å². The summed E-state index contributed by atoms with van der Waals surface area (Å²) >= 11 is 1.33. The molecule has 110 valence electrons. The first kappa shape index (κ1) is 15.0. The van der Waals surface area contributed by atoms with Crippen molar-refractivity contribution in [2.45, 2.75) is 19.4 Å². The van der Waals surface area contributed by atoms with Crippen molar-refractivity contribution in [3.8, 4) is 0 Å². The van der Waals surface area contributed by atoms with Crippen LogP contribution in [0.4, 0.5) is 0 Å². The Kier molecular flexibility index (Phi) is 5.11. The van der Waals surface area contributed by atoms with Crippen molar-refractivity contribution < 1.29 is 9.59 Å². The molecule has 2 rings (SSSR count). The average Bonchev–Trinajstić information content (AvgIpc) is 3.06. The number of nitrogens with zero attached hydrogens (tertiary/aromatic N) is 1. The molecule has 0 saturated carbocycles. The number of nitrogens with two attached hydrogens (primary N) is 1. The molecule has 1 fully saturated rings. The Balaban J connectivity index is 1.74. The van der Waals surface area contributed by atoms with Crippen LogP contribution < -0.4 is 16.6 Å². The van der Waals surface area contributed by atoms with Gasteiger partial charge in [-0.05, 0) is 37.3 Å². The second-order valence-electron chi connectivity index (χ2n) is 5.10. The SMILES string of the molecule is CC1CC(CN)CN1CC(=O)NNC(=O)c1cccs1. The van der Waals surface area contributed by atoms with E-state index in [4.69, 9.17) is 5.73 Å². The van der Waals surface area contributed by atoms with Crippen LogP contribution in [0.1, 0.15) is 23.0 Å². The maximum absolute atomic E-state index is 11.8. The lowest BCUT2D eigenvalue weighted by atomic mass is 10.1. The number of thiophene rings is 1. The summed E-state index contributed by atoms with van der Waals surface area (Å²) in [7, 11) is 0. The van der Waals surface area contributed by atoms with Gasteiger partial charge in [0.2, 0.25) is 0 Å². The van der Waals surface area contributed by atoms with Crippen LogP contribution in [0.3, 0.4) is 0 Å². The molecule has 0 aromatic carbocycles. The van der Waals surface area contributed by atoms with Gasteiger partial charge in [0.1, 0.15) is 0 Å². The van der Waals surface area contributed by atoms with Crippen LogP contribution in [-0.2, 0) is 4.79 Å². The Morgan fingerprint density at radius 1 is 1.50 bits per heavy atom. The fraction of sp³-hybridized carbons (Fsp3) is 0.538. The summed E-state index contributed by atoms with van der Waals surface area (Å²) in [6.07, 6.45) is 1.02. The van der Waals surface area contributed by atoms with E-state index in [0.717, 1.165) is 13.0 Å². The molecular formula is C13H20N4O2S. The van der Waals surface area contributed by atoms with Crippen molar-refractivity contribution in [1.29, 1.82) is 0 Å². The zero-order chi connectivity index (χ0) is 14.5. The molecule has 20 heavy (non-hydrogen) atoms. The Hall–Kier alpha value is -1.44. The molecule has 6 nitrogen and oxygen atoms in total. The largest absolute Gasteiger partial charge is 0.330 e. The molecule has 2 unspecified atom stereocenters. The molecule has 1 aromatic rings. The second-order valence-corrected chi connectivity index (χ2v) is 6.04. The molecule has 4 N–H and O–H groups in total. The smallest absolute Gasteiger partial charge is 0.279 e. The zero-order valence-corrected chi connectivity index (χ0v) is 12.3. The Labute approximate surface area is 122 Å². The Bertz CT molecular complexity index is 463. The number of carbonyl (C=O) groups excluding carboxylic acids is 2. The summed E-state index contributed by atoms with van der Waals surface area (Å²) < 4.78 is 0. The van der Waals surface area contributed by atoms with Crippen molar-refractivity contribution >= 4 is 23.2 Å². The number of nitrogens with one attached hydrogen (secondary N) is 2. The average molecular weight is 296 g/mol. The zero-order valence-electron chi connectivity index (χ0n) is 11.5. The van der Waals surface area contributed by atoms with E-state index in [1.54, 1.807) is 12.1 Å². The van der Waals surface area contributed by atoms with Crippen LogP contribution in [0.2, 0.25) is 0 Å². The van der Waals surface area contributed by atoms with Crippen LogP contribution in [-0.4, -0.2) is 42.4 Å². The third-order valence-electron chi connectivity index (χ3n) is 3.53. The molecule has 2 amide bonds. The van der Waals surface area contributed by atoms with Crippen molar-refractivity contribution in [2.75, 3.05) is 19.6 Å². The minimum Gasteiger partial charge on any atom is -0.330 e. The van der Waals surface area contributed by atoms with Crippen LogP contribution in [0.5, 0.6) is 0 Å². The van der Waals surface area contributed by atoms with Gasteiger partial charge in [-0.25, -0.2) is 0 Å². The van der Waals surface area contributed by atoms with Crippen molar-refractivity contribution in [3.63, 3.8) is 0 Å². The molecule has 0 aliphatic carbocycles. The predicted molar refractivity (Wildman–Crippen MR) is 78.1 cm³/mol. The van der Waals surface area contributed by atoms with Crippen molar-refractivity contribution in [2.24, 2.45) is 11.7 Å². The van der Waals surface area contributed by atoms with E-state index in [2.05, 4.69) is 22.7 Å². The monoisotopic (exact) mass is 296 g/mol. The van der Waals surface area contributed by atoms with Crippen LogP contribution in [0.25, 0.3) is 0 Å². The molecule has 1 aliphatic heterocycles. The van der Waals surface area contributed by atoms with Gasteiger partial charge in [0.05, 0.1) is 11.4 Å². The Morgan fingerprint density at radius 3 is 2.90 bits per heavy atom. The Morgan fingerprint density at radius 2 is 2.30 bits per heavy atom. The predicted octanol–water partition coefficient (Wildman–Crippen LogP) is 0.178. The first-order chi connectivity index (χ1) is 9.60. The van der Waals surface area contributed by atoms with Gasteiger partial charge < -0.3 is 5.73 Å². The highest BCUT2D eigenvalue weighted by Crippen LogP contribution is 2.21. The maximum Gasteiger partial charge on any atom is 0.279 e. The van der Waals surface area contributed by atoms with Crippen molar-refractivity contribution in [3.05, 3.63) is 22.4 Å². The number of hydrogen-bond donors (Lipinski definition) is 3. The minimum absolute atomic E-state index is 0.209. The normalized spacial score (nSPS) is 22.7. The molecule has 0 spiro atoms. The molecule has 1 aliphatic rings. The molecular weight excluding hydrogens is 276 g/mol. The first-order valence-electron chi connectivity index (χ1n) is 6.67. The molecule has 0 bridgehead atoms. The number of hydrogen-bond acceptors (Lipinski definition) is 5. The van der Waals surface area contributed by atoms with E-state index in [-0.39, 0.29) is 18.4 Å². The second kappa shape index (κ2) is 6.83. The van der Waals surface area contributed by atoms with E-state index < -0.39 is 0 Å². The van der Waals surface area contributed by atoms with Gasteiger partial charge >= 0.3 is 0 Å². The summed E-state index contributed by atoms with van der Waals surface area (Å²) in [6.45, 7) is 3.86. The third-order valence-corrected chi connectivity index (χ3v) is 4.40. The third kappa shape index (κ3) is 3.78. The summed E-state index contributed by atoms with van der Waals surface area (Å²) in [4.78, 5) is 26.1. The van der Waals surface area contributed by atoms with Gasteiger partial charge in [0, 0.05) is 12.6 Å². The first-order valence-corrected chi connectivity index (χ1v) is 7.55. The van der Waals surface area contributed by atoms with Crippen LogP contribution in [0.15, 0.2) is 17.5 Å². The topological polar surface area (TPSA) is 87.5 Å². The van der Waals surface area contributed by atoms with E-state index in [1.165, 1.54) is 11.3 Å². The van der Waals surface area contributed by atoms with Gasteiger partial charge in [0.25, 0.3) is 11.8 Å². The summed E-state index contributed by atoms with van der Waals surface area (Å²) in [5.74, 6) is -0.0411. The van der Waals surface area contributed by atoms with E-state index in [0.29, 0.717) is 23.4 Å². The lowest BCUT2D eigenvalue weighted by molar-refractivity contribution is -0.123. The molecule has 2 atom stereocenters. The van der Waals surface area contributed by atoms with Gasteiger partial charge in [-0.1, -0.05) is 6.07 Å². The summed E-state index contributed by atoms with van der Waals surface area (Å²) in [5, 5.41) is 1.82. The van der Waals surface area contributed by atoms with Gasteiger partial charge in [0.15, 0.2) is 0 Å². The fourth-order valence-electron chi connectivity index (χ4n) is 2.43. The van der Waals surface area contributed by atoms with E-state index >= 15 is 0 Å². The van der Waals surface area contributed by atoms with Crippen LogP contribution >= 0.6 is 11.3 Å².